The molecular formula is C11H24O4Si. The van der Waals surface area contributed by atoms with Crippen LogP contribution in [-0.2, 0) is 13.3 Å². The van der Waals surface area contributed by atoms with E-state index in [4.69, 9.17) is 18.4 Å². The van der Waals surface area contributed by atoms with E-state index in [1.807, 2.05) is 11.8 Å². The van der Waals surface area contributed by atoms with Crippen molar-refractivity contribution in [2.45, 2.75) is 39.0 Å². The highest BCUT2D eigenvalue weighted by atomic mass is 28.4. The second kappa shape index (κ2) is 9.98. The fourth-order valence-electron chi connectivity index (χ4n) is 1.39. The predicted octanol–water partition coefficient (Wildman–Crippen LogP) is 2.25. The topological polar surface area (TPSA) is 47.9 Å². The molecular weight excluding hydrogens is 224 g/mol. The lowest BCUT2D eigenvalue weighted by atomic mass is 10.2. The van der Waals surface area contributed by atoms with Gasteiger partial charge in [-0.25, -0.2) is 0 Å². The van der Waals surface area contributed by atoms with Crippen molar-refractivity contribution in [2.75, 3.05) is 21.0 Å². The van der Waals surface area contributed by atoms with E-state index in [1.165, 1.54) is 39.9 Å². The van der Waals surface area contributed by atoms with Crippen LogP contribution in [-0.4, -0.2) is 34.9 Å². The highest BCUT2D eigenvalue weighted by Gasteiger charge is 2.35. The van der Waals surface area contributed by atoms with Gasteiger partial charge in [0.05, 0.1) is 0 Å². The number of allylic oxidation sites excluding steroid dienone is 1. The molecule has 0 rings (SSSR count). The van der Waals surface area contributed by atoms with Crippen molar-refractivity contribution in [1.82, 2.24) is 0 Å². The molecule has 96 valence electrons. The maximum Gasteiger partial charge on any atom is 0.530 e. The monoisotopic (exact) mass is 248 g/mol. The lowest BCUT2D eigenvalue weighted by Gasteiger charge is -2.21. The fraction of sp³-hybridized carbons (Fsp3) is 0.818. The number of aliphatic hydroxyl groups excluding tert-OH is 1. The molecule has 0 aliphatic carbocycles. The average Bonchev–Trinajstić information content (AvgIpc) is 2.32. The first-order valence-electron chi connectivity index (χ1n) is 5.77. The summed E-state index contributed by atoms with van der Waals surface area (Å²) in [6, 6.07) is 0. The molecule has 16 heavy (non-hydrogen) atoms. The van der Waals surface area contributed by atoms with Crippen LogP contribution in [0.1, 0.15) is 39.0 Å². The third-order valence-electron chi connectivity index (χ3n) is 2.38. The van der Waals surface area contributed by atoms with Gasteiger partial charge in [0.25, 0.3) is 0 Å². The molecule has 1 N–H and O–H groups in total. The Hall–Kier alpha value is -0.203. The first-order chi connectivity index (χ1) is 7.74. The van der Waals surface area contributed by atoms with Crippen molar-refractivity contribution in [3.05, 3.63) is 11.8 Å². The molecule has 0 unspecified atom stereocenters. The fourth-order valence-corrected chi connectivity index (χ4v) is 2.80. The van der Waals surface area contributed by atoms with Crippen molar-refractivity contribution in [1.29, 1.82) is 0 Å². The van der Waals surface area contributed by atoms with Gasteiger partial charge in [0.15, 0.2) is 0 Å². The quantitative estimate of drug-likeness (QED) is 0.366. The van der Waals surface area contributed by atoms with Crippen molar-refractivity contribution in [3.8, 4) is 0 Å². The third-order valence-corrected chi connectivity index (χ3v) is 4.69. The predicted molar refractivity (Wildman–Crippen MR) is 65.8 cm³/mol. The first-order valence-corrected chi connectivity index (χ1v) is 7.57. The van der Waals surface area contributed by atoms with Crippen LogP contribution in [0.25, 0.3) is 0 Å². The van der Waals surface area contributed by atoms with Crippen LogP contribution in [0.4, 0.5) is 0 Å². The van der Waals surface area contributed by atoms with Gasteiger partial charge in [-0.1, -0.05) is 32.3 Å². The largest absolute Gasteiger partial charge is 0.530 e. The molecule has 0 aliphatic heterocycles. The molecule has 0 atom stereocenters. The highest BCUT2D eigenvalue weighted by molar-refractivity contribution is 6.66. The molecule has 0 saturated carbocycles. The summed E-state index contributed by atoms with van der Waals surface area (Å²) in [7, 11) is 0.327. The van der Waals surface area contributed by atoms with Gasteiger partial charge in [0.1, 0.15) is 6.79 Å². The van der Waals surface area contributed by atoms with E-state index < -0.39 is 8.80 Å². The van der Waals surface area contributed by atoms with E-state index in [-0.39, 0.29) is 6.79 Å². The van der Waals surface area contributed by atoms with Crippen LogP contribution in [0.2, 0.25) is 0 Å². The minimum absolute atomic E-state index is 0.381. The zero-order valence-electron chi connectivity index (χ0n) is 10.6. The van der Waals surface area contributed by atoms with E-state index in [1.54, 1.807) is 0 Å². The smallest absolute Gasteiger partial charge is 0.374 e. The number of unbranched alkanes of at least 4 members (excludes halogenated alkanes) is 4. The van der Waals surface area contributed by atoms with Crippen molar-refractivity contribution >= 4 is 8.80 Å². The molecule has 0 radical (unpaired) electrons. The Balaban J connectivity index is 3.93. The zero-order valence-corrected chi connectivity index (χ0v) is 11.6. The summed E-state index contributed by atoms with van der Waals surface area (Å²) in [5.41, 5.74) is 1.83. The molecule has 0 aliphatic rings. The molecule has 4 nitrogen and oxygen atoms in total. The third kappa shape index (κ3) is 6.39. The SMILES string of the molecule is CCCCCCC=C[Si](OC)(OC)OCO. The summed E-state index contributed by atoms with van der Waals surface area (Å²) >= 11 is 0. The van der Waals surface area contributed by atoms with Gasteiger partial charge >= 0.3 is 8.80 Å². The van der Waals surface area contributed by atoms with E-state index in [9.17, 15) is 0 Å². The Morgan fingerprint density at radius 2 is 1.81 bits per heavy atom. The van der Waals surface area contributed by atoms with Gasteiger partial charge in [0.2, 0.25) is 0 Å². The van der Waals surface area contributed by atoms with E-state index in [0.29, 0.717) is 0 Å². The normalized spacial score (nSPS) is 12.5. The molecule has 0 fully saturated rings. The lowest BCUT2D eigenvalue weighted by molar-refractivity contribution is 0.0229. The maximum absolute atomic E-state index is 8.76. The van der Waals surface area contributed by atoms with Crippen LogP contribution >= 0.6 is 0 Å². The minimum Gasteiger partial charge on any atom is -0.374 e. The molecule has 0 heterocycles. The van der Waals surface area contributed by atoms with Crippen molar-refractivity contribution in [2.24, 2.45) is 0 Å². The summed E-state index contributed by atoms with van der Waals surface area (Å²) in [4.78, 5) is 0. The molecule has 0 saturated heterocycles. The summed E-state index contributed by atoms with van der Waals surface area (Å²) in [6.07, 6.45) is 7.95. The molecule has 0 bridgehead atoms. The van der Waals surface area contributed by atoms with Crippen molar-refractivity contribution < 1.29 is 18.4 Å². The molecule has 0 aromatic heterocycles. The Kier molecular flexibility index (Phi) is 9.86. The molecule has 0 aromatic rings. The maximum atomic E-state index is 8.76. The molecule has 5 heteroatoms. The Bertz CT molecular complexity index is 181. The summed E-state index contributed by atoms with van der Waals surface area (Å²) in [5.74, 6) is 0. The van der Waals surface area contributed by atoms with Gasteiger partial charge in [0, 0.05) is 14.2 Å². The number of hydrogen-bond acceptors (Lipinski definition) is 4. The number of aliphatic hydroxyl groups is 1. The van der Waals surface area contributed by atoms with Gasteiger partial charge in [-0.2, -0.15) is 0 Å². The van der Waals surface area contributed by atoms with E-state index in [0.717, 1.165) is 6.42 Å². The van der Waals surface area contributed by atoms with E-state index in [2.05, 4.69) is 6.92 Å². The summed E-state index contributed by atoms with van der Waals surface area (Å²) in [6.45, 7) is 1.81. The number of hydrogen-bond donors (Lipinski definition) is 1. The molecule has 0 spiro atoms. The standard InChI is InChI=1S/C11H24O4Si/c1-4-5-6-7-8-9-10-16(13-2,14-3)15-11-12/h9-10,12H,4-8,11H2,1-3H3. The Labute approximate surface area is 99.6 Å². The van der Waals surface area contributed by atoms with Crippen LogP contribution in [0.3, 0.4) is 0 Å². The average molecular weight is 248 g/mol. The van der Waals surface area contributed by atoms with Crippen LogP contribution < -0.4 is 0 Å². The summed E-state index contributed by atoms with van der Waals surface area (Å²) < 4.78 is 15.5. The highest BCUT2D eigenvalue weighted by Crippen LogP contribution is 2.10. The minimum atomic E-state index is -2.74. The van der Waals surface area contributed by atoms with Crippen LogP contribution in [0, 0.1) is 0 Å². The van der Waals surface area contributed by atoms with Gasteiger partial charge < -0.3 is 18.4 Å². The first kappa shape index (κ1) is 15.8. The second-order valence-corrected chi connectivity index (χ2v) is 6.18. The Morgan fingerprint density at radius 1 is 1.12 bits per heavy atom. The van der Waals surface area contributed by atoms with Crippen molar-refractivity contribution in [3.63, 3.8) is 0 Å². The second-order valence-electron chi connectivity index (χ2n) is 3.54. The lowest BCUT2D eigenvalue weighted by Crippen LogP contribution is -2.42. The molecule has 0 amide bonds. The summed E-state index contributed by atoms with van der Waals surface area (Å²) in [5, 5.41) is 8.76. The van der Waals surface area contributed by atoms with Gasteiger partial charge in [-0.3, -0.25) is 0 Å². The van der Waals surface area contributed by atoms with Crippen LogP contribution in [0.5, 0.6) is 0 Å². The molecule has 0 aromatic carbocycles. The van der Waals surface area contributed by atoms with Gasteiger partial charge in [-0.15, -0.1) is 0 Å². The number of rotatable bonds is 10. The van der Waals surface area contributed by atoms with Gasteiger partial charge in [-0.05, 0) is 18.5 Å². The van der Waals surface area contributed by atoms with E-state index >= 15 is 0 Å². The Morgan fingerprint density at radius 3 is 2.31 bits per heavy atom. The zero-order chi connectivity index (χ0) is 12.3. The van der Waals surface area contributed by atoms with Crippen LogP contribution in [0.15, 0.2) is 11.8 Å².